The minimum absolute atomic E-state index is 0.0221. The van der Waals surface area contributed by atoms with E-state index in [4.69, 9.17) is 4.74 Å². The molecular formula is C21H26N6O2. The zero-order chi connectivity index (χ0) is 20.4. The van der Waals surface area contributed by atoms with Crippen LogP contribution in [0.4, 0.5) is 0 Å². The van der Waals surface area contributed by atoms with Crippen LogP contribution in [0, 0.1) is 6.92 Å². The number of carbonyl (C=O) groups excluding carboxylic acids is 1. The van der Waals surface area contributed by atoms with Crippen molar-refractivity contribution in [1.82, 2.24) is 29.4 Å². The van der Waals surface area contributed by atoms with E-state index in [2.05, 4.69) is 22.1 Å². The molecule has 0 fully saturated rings. The van der Waals surface area contributed by atoms with Crippen molar-refractivity contribution in [3.63, 3.8) is 0 Å². The van der Waals surface area contributed by atoms with Gasteiger partial charge in [-0.3, -0.25) is 19.1 Å². The van der Waals surface area contributed by atoms with Gasteiger partial charge in [0.2, 0.25) is 0 Å². The molecule has 0 aromatic carbocycles. The van der Waals surface area contributed by atoms with Crippen molar-refractivity contribution in [2.45, 2.75) is 52.9 Å². The average Bonchev–Trinajstić information content (AvgIpc) is 3.39. The van der Waals surface area contributed by atoms with Gasteiger partial charge in [-0.1, -0.05) is 0 Å². The number of rotatable bonds is 7. The molecule has 0 radical (unpaired) electrons. The monoisotopic (exact) mass is 394 g/mol. The van der Waals surface area contributed by atoms with Crippen LogP contribution < -0.4 is 4.74 Å². The van der Waals surface area contributed by atoms with Gasteiger partial charge >= 0.3 is 0 Å². The number of hydrogen-bond donors (Lipinski definition) is 0. The molecular weight excluding hydrogens is 368 g/mol. The van der Waals surface area contributed by atoms with Gasteiger partial charge in [-0.15, -0.1) is 0 Å². The Labute approximate surface area is 170 Å². The summed E-state index contributed by atoms with van der Waals surface area (Å²) in [6, 6.07) is 5.58. The van der Waals surface area contributed by atoms with Gasteiger partial charge in [0.05, 0.1) is 12.2 Å². The second-order valence-electron chi connectivity index (χ2n) is 7.24. The third kappa shape index (κ3) is 4.01. The fraction of sp³-hybridized carbons (Fsp3) is 0.429. The number of aryl methyl sites for hydroxylation is 2. The van der Waals surface area contributed by atoms with Crippen molar-refractivity contribution in [2.75, 3.05) is 6.54 Å². The molecule has 8 heteroatoms. The molecule has 0 bridgehead atoms. The Hall–Kier alpha value is -3.16. The summed E-state index contributed by atoms with van der Waals surface area (Å²) >= 11 is 0. The van der Waals surface area contributed by atoms with Gasteiger partial charge in [0.25, 0.3) is 5.91 Å². The van der Waals surface area contributed by atoms with Crippen LogP contribution in [0.2, 0.25) is 0 Å². The van der Waals surface area contributed by atoms with E-state index in [1.165, 1.54) is 0 Å². The summed E-state index contributed by atoms with van der Waals surface area (Å²) in [7, 11) is 0. The number of nitrogens with zero attached hydrogens (tertiary/aromatic N) is 6. The molecule has 3 aromatic rings. The van der Waals surface area contributed by atoms with Gasteiger partial charge in [-0.25, -0.2) is 0 Å². The lowest BCUT2D eigenvalue weighted by Gasteiger charge is -2.19. The second kappa shape index (κ2) is 8.06. The SMILES string of the molecule is CCN(Cc1cn(CC)nc1C)C(=O)c1cc2n(n1)CC(Oc1ccncc1)C2. The number of fused-ring (bicyclic) bond motifs is 1. The molecule has 0 spiro atoms. The molecule has 29 heavy (non-hydrogen) atoms. The molecule has 0 aliphatic carbocycles. The van der Waals surface area contributed by atoms with Crippen molar-refractivity contribution in [3.05, 3.63) is 59.4 Å². The first-order valence-corrected chi connectivity index (χ1v) is 10.0. The van der Waals surface area contributed by atoms with Gasteiger partial charge < -0.3 is 9.64 Å². The van der Waals surface area contributed by atoms with Gasteiger partial charge in [0.1, 0.15) is 11.9 Å². The Bertz CT molecular complexity index is 971. The summed E-state index contributed by atoms with van der Waals surface area (Å²) in [6.07, 6.45) is 6.20. The molecule has 4 rings (SSSR count). The quantitative estimate of drug-likeness (QED) is 0.615. The van der Waals surface area contributed by atoms with Crippen LogP contribution in [0.1, 0.15) is 41.3 Å². The van der Waals surface area contributed by atoms with Crippen LogP contribution in [0.15, 0.2) is 36.8 Å². The molecule has 0 saturated carbocycles. The van der Waals surface area contributed by atoms with Crippen molar-refractivity contribution < 1.29 is 9.53 Å². The van der Waals surface area contributed by atoms with E-state index >= 15 is 0 Å². The number of hydrogen-bond acceptors (Lipinski definition) is 5. The van der Waals surface area contributed by atoms with Gasteiger partial charge in [-0.2, -0.15) is 10.2 Å². The van der Waals surface area contributed by atoms with E-state index in [1.54, 1.807) is 12.4 Å². The van der Waals surface area contributed by atoms with Crippen molar-refractivity contribution in [2.24, 2.45) is 0 Å². The second-order valence-corrected chi connectivity index (χ2v) is 7.24. The highest BCUT2D eigenvalue weighted by Gasteiger charge is 2.28. The first kappa shape index (κ1) is 19.2. The van der Waals surface area contributed by atoms with Gasteiger partial charge in [-0.05, 0) is 39.0 Å². The third-order valence-electron chi connectivity index (χ3n) is 5.25. The van der Waals surface area contributed by atoms with Crippen molar-refractivity contribution in [3.8, 4) is 5.75 Å². The number of amides is 1. The van der Waals surface area contributed by atoms with Gasteiger partial charge in [0.15, 0.2) is 5.69 Å². The summed E-state index contributed by atoms with van der Waals surface area (Å²) in [5.74, 6) is 0.747. The van der Waals surface area contributed by atoms with E-state index in [9.17, 15) is 4.79 Å². The smallest absolute Gasteiger partial charge is 0.274 e. The van der Waals surface area contributed by atoms with Crippen molar-refractivity contribution >= 4 is 5.91 Å². The van der Waals surface area contributed by atoms with E-state index in [1.807, 2.05) is 52.5 Å². The Morgan fingerprint density at radius 2 is 2.07 bits per heavy atom. The molecule has 1 aliphatic rings. The number of aromatic nitrogens is 5. The lowest BCUT2D eigenvalue weighted by Crippen LogP contribution is -2.31. The molecule has 1 atom stereocenters. The molecule has 1 amide bonds. The Balaban J connectivity index is 1.42. The fourth-order valence-electron chi connectivity index (χ4n) is 3.63. The van der Waals surface area contributed by atoms with Crippen LogP contribution in [0.3, 0.4) is 0 Å². The van der Waals surface area contributed by atoms with Crippen molar-refractivity contribution in [1.29, 1.82) is 0 Å². The lowest BCUT2D eigenvalue weighted by atomic mass is 10.2. The van der Waals surface area contributed by atoms with E-state index < -0.39 is 0 Å². The fourth-order valence-corrected chi connectivity index (χ4v) is 3.63. The van der Waals surface area contributed by atoms with Crippen LogP contribution in [0.5, 0.6) is 5.75 Å². The summed E-state index contributed by atoms with van der Waals surface area (Å²) in [6.45, 7) is 8.63. The lowest BCUT2D eigenvalue weighted by molar-refractivity contribution is 0.0744. The minimum atomic E-state index is -0.0512. The molecule has 8 nitrogen and oxygen atoms in total. The normalized spacial score (nSPS) is 15.3. The highest BCUT2D eigenvalue weighted by Crippen LogP contribution is 2.22. The molecule has 3 aromatic heterocycles. The van der Waals surface area contributed by atoms with E-state index in [0.717, 1.165) is 35.7 Å². The van der Waals surface area contributed by atoms with E-state index in [-0.39, 0.29) is 12.0 Å². The molecule has 1 aliphatic heterocycles. The average molecular weight is 394 g/mol. The maximum absolute atomic E-state index is 13.0. The summed E-state index contributed by atoms with van der Waals surface area (Å²) < 4.78 is 9.77. The first-order valence-electron chi connectivity index (χ1n) is 10.0. The van der Waals surface area contributed by atoms with Crippen LogP contribution in [-0.2, 0) is 26.1 Å². The zero-order valence-electron chi connectivity index (χ0n) is 17.1. The highest BCUT2D eigenvalue weighted by molar-refractivity contribution is 5.92. The first-order chi connectivity index (χ1) is 14.1. The minimum Gasteiger partial charge on any atom is -0.488 e. The molecule has 4 heterocycles. The molecule has 152 valence electrons. The van der Waals surface area contributed by atoms with E-state index in [0.29, 0.717) is 25.3 Å². The topological polar surface area (TPSA) is 78.1 Å². The predicted molar refractivity (Wildman–Crippen MR) is 108 cm³/mol. The highest BCUT2D eigenvalue weighted by atomic mass is 16.5. The molecule has 1 unspecified atom stereocenters. The maximum Gasteiger partial charge on any atom is 0.274 e. The van der Waals surface area contributed by atoms with Gasteiger partial charge in [0, 0.05) is 55.9 Å². The van der Waals surface area contributed by atoms with Crippen LogP contribution in [-0.4, -0.2) is 48.0 Å². The Morgan fingerprint density at radius 3 is 2.72 bits per heavy atom. The summed E-state index contributed by atoms with van der Waals surface area (Å²) in [4.78, 5) is 18.8. The Morgan fingerprint density at radius 1 is 1.28 bits per heavy atom. The third-order valence-corrected chi connectivity index (χ3v) is 5.25. The number of carbonyl (C=O) groups is 1. The van der Waals surface area contributed by atoms with Crippen LogP contribution >= 0.6 is 0 Å². The largest absolute Gasteiger partial charge is 0.488 e. The summed E-state index contributed by atoms with van der Waals surface area (Å²) in [5.41, 5.74) is 3.55. The van der Waals surface area contributed by atoms with Crippen LogP contribution in [0.25, 0.3) is 0 Å². The summed E-state index contributed by atoms with van der Waals surface area (Å²) in [5, 5.41) is 9.02. The molecule has 0 N–H and O–H groups in total. The zero-order valence-corrected chi connectivity index (χ0v) is 17.1. The number of pyridine rings is 1. The maximum atomic E-state index is 13.0. The number of ether oxygens (including phenoxy) is 1. The predicted octanol–water partition coefficient (Wildman–Crippen LogP) is 2.47. The molecule has 0 saturated heterocycles. The Kier molecular flexibility index (Phi) is 5.33. The standard InChI is InChI=1S/C21H26N6O2/c1-4-25(12-16-13-26(5-2)23-15(16)3)21(28)20-11-17-10-19(14-27(17)24-20)29-18-6-8-22-9-7-18/h6-9,11,13,19H,4-5,10,12,14H2,1-3H3.